The number of fused-ring (bicyclic) bond motifs is 1. The highest BCUT2D eigenvalue weighted by Crippen LogP contribution is 2.39. The highest BCUT2D eigenvalue weighted by molar-refractivity contribution is 7.99. The second kappa shape index (κ2) is 6.99. The number of carbonyl (C=O) groups excluding carboxylic acids is 4. The summed E-state index contributed by atoms with van der Waals surface area (Å²) in [5.41, 5.74) is -1.96. The minimum atomic E-state index is -1.52. The van der Waals surface area contributed by atoms with Gasteiger partial charge in [0.05, 0.1) is 11.1 Å². The van der Waals surface area contributed by atoms with E-state index in [4.69, 9.17) is 9.57 Å². The van der Waals surface area contributed by atoms with Crippen LogP contribution in [-0.4, -0.2) is 45.9 Å². The monoisotopic (exact) mass is 391 g/mol. The van der Waals surface area contributed by atoms with Crippen molar-refractivity contribution in [2.45, 2.75) is 39.2 Å². The Bertz CT molecular complexity index is 772. The first-order chi connectivity index (χ1) is 12.7. The molecule has 0 spiro atoms. The van der Waals surface area contributed by atoms with E-state index in [0.717, 1.165) is 0 Å². The highest BCUT2D eigenvalue weighted by atomic mass is 32.2. The van der Waals surface area contributed by atoms with Crippen LogP contribution in [0.2, 0.25) is 0 Å². The Kier molecular flexibility index (Phi) is 5.03. The minimum Gasteiger partial charge on any atom is -0.459 e. The van der Waals surface area contributed by atoms with Crippen LogP contribution < -0.4 is 0 Å². The fourth-order valence-corrected chi connectivity index (χ4v) is 4.20. The largest absolute Gasteiger partial charge is 0.459 e. The number of rotatable bonds is 3. The number of amides is 2. The number of thioether (sulfide) groups is 1. The van der Waals surface area contributed by atoms with E-state index in [-0.39, 0.29) is 24.0 Å². The molecule has 2 aliphatic rings. The van der Waals surface area contributed by atoms with E-state index in [9.17, 15) is 19.2 Å². The van der Waals surface area contributed by atoms with Crippen molar-refractivity contribution in [1.82, 2.24) is 5.06 Å². The summed E-state index contributed by atoms with van der Waals surface area (Å²) >= 11 is 1.62. The van der Waals surface area contributed by atoms with E-state index in [1.54, 1.807) is 44.7 Å². The van der Waals surface area contributed by atoms with Gasteiger partial charge in [-0.3, -0.25) is 14.4 Å². The van der Waals surface area contributed by atoms with Gasteiger partial charge in [0.25, 0.3) is 11.8 Å². The van der Waals surface area contributed by atoms with Crippen LogP contribution in [0.4, 0.5) is 0 Å². The van der Waals surface area contributed by atoms with Crippen molar-refractivity contribution >= 4 is 35.5 Å². The molecule has 27 heavy (non-hydrogen) atoms. The third-order valence-corrected chi connectivity index (χ3v) is 5.44. The first-order valence-corrected chi connectivity index (χ1v) is 9.83. The predicted molar refractivity (Wildman–Crippen MR) is 97.9 cm³/mol. The predicted octanol–water partition coefficient (Wildman–Crippen LogP) is 2.60. The van der Waals surface area contributed by atoms with Crippen molar-refractivity contribution in [3.05, 3.63) is 35.4 Å². The summed E-state index contributed by atoms with van der Waals surface area (Å²) in [6.07, 6.45) is 0.461. The lowest BCUT2D eigenvalue weighted by Crippen LogP contribution is -2.49. The lowest BCUT2D eigenvalue weighted by atomic mass is 9.82. The van der Waals surface area contributed by atoms with Gasteiger partial charge < -0.3 is 9.57 Å². The summed E-state index contributed by atoms with van der Waals surface area (Å²) < 4.78 is 5.44. The van der Waals surface area contributed by atoms with Gasteiger partial charge in [0, 0.05) is 0 Å². The quantitative estimate of drug-likeness (QED) is 0.444. The molecule has 144 valence electrons. The third-order valence-electron chi connectivity index (χ3n) is 4.46. The Hall–Kier alpha value is -2.35. The molecule has 1 aromatic rings. The van der Waals surface area contributed by atoms with E-state index >= 15 is 0 Å². The lowest BCUT2D eigenvalue weighted by Gasteiger charge is -2.35. The third kappa shape index (κ3) is 3.58. The molecule has 2 amide bonds. The molecule has 2 aliphatic heterocycles. The van der Waals surface area contributed by atoms with Gasteiger partial charge in [-0.15, -0.1) is 0 Å². The lowest BCUT2D eigenvalue weighted by molar-refractivity contribution is -0.194. The number of hydrogen-bond donors (Lipinski definition) is 0. The van der Waals surface area contributed by atoms with Crippen molar-refractivity contribution < 1.29 is 28.8 Å². The molecular formula is C19H21NO6S. The first-order valence-electron chi connectivity index (χ1n) is 8.67. The van der Waals surface area contributed by atoms with Crippen LogP contribution in [0.15, 0.2) is 24.3 Å². The van der Waals surface area contributed by atoms with E-state index in [1.165, 1.54) is 12.1 Å². The van der Waals surface area contributed by atoms with Gasteiger partial charge in [-0.25, -0.2) is 4.79 Å². The fraction of sp³-hybridized carbons (Fsp3) is 0.474. The number of hydrogen-bond acceptors (Lipinski definition) is 7. The van der Waals surface area contributed by atoms with Crippen molar-refractivity contribution in [2.24, 2.45) is 5.41 Å². The number of ether oxygens (including phenoxy) is 1. The van der Waals surface area contributed by atoms with Gasteiger partial charge in [-0.2, -0.15) is 11.8 Å². The zero-order chi connectivity index (χ0) is 19.8. The maximum atomic E-state index is 13.0. The summed E-state index contributed by atoms with van der Waals surface area (Å²) in [4.78, 5) is 55.8. The molecule has 1 fully saturated rings. The second-order valence-corrected chi connectivity index (χ2v) is 8.75. The van der Waals surface area contributed by atoms with Gasteiger partial charge >= 0.3 is 11.9 Å². The normalized spacial score (nSPS) is 18.9. The molecule has 0 atom stereocenters. The van der Waals surface area contributed by atoms with Crippen molar-refractivity contribution in [1.29, 1.82) is 0 Å². The molecule has 2 heterocycles. The fourth-order valence-electron chi connectivity index (χ4n) is 3.01. The first kappa shape index (κ1) is 19.4. The van der Waals surface area contributed by atoms with E-state index in [1.807, 2.05) is 0 Å². The van der Waals surface area contributed by atoms with Crippen LogP contribution in [0.5, 0.6) is 0 Å². The maximum Gasteiger partial charge on any atom is 0.350 e. The summed E-state index contributed by atoms with van der Waals surface area (Å²) in [6, 6.07) is 6.22. The molecular weight excluding hydrogens is 370 g/mol. The molecule has 0 unspecified atom stereocenters. The molecule has 1 aromatic carbocycles. The van der Waals surface area contributed by atoms with Crippen LogP contribution in [0.1, 0.15) is 54.3 Å². The van der Waals surface area contributed by atoms with Crippen LogP contribution in [0, 0.1) is 5.41 Å². The summed E-state index contributed by atoms with van der Waals surface area (Å²) in [6.45, 7) is 5.14. The molecule has 0 radical (unpaired) electrons. The van der Waals surface area contributed by atoms with Crippen molar-refractivity contribution in [2.75, 3.05) is 11.5 Å². The maximum absolute atomic E-state index is 13.0. The SMILES string of the molecule is CC(C)(C)OC(=O)C1(C(=O)ON2C(=O)c3ccccc3C2=O)CCSCC1. The number of imide groups is 1. The second-order valence-electron chi connectivity index (χ2n) is 7.53. The Morgan fingerprint density at radius 3 is 2.00 bits per heavy atom. The van der Waals surface area contributed by atoms with Gasteiger partial charge in [-0.05, 0) is 57.3 Å². The molecule has 7 nitrogen and oxygen atoms in total. The molecule has 1 saturated heterocycles. The smallest absolute Gasteiger partial charge is 0.350 e. The Labute approximate surface area is 161 Å². The van der Waals surface area contributed by atoms with Crippen molar-refractivity contribution in [3.8, 4) is 0 Å². The van der Waals surface area contributed by atoms with Crippen LogP contribution in [0.25, 0.3) is 0 Å². The molecule has 0 aromatic heterocycles. The number of esters is 1. The van der Waals surface area contributed by atoms with Gasteiger partial charge in [-0.1, -0.05) is 17.2 Å². The number of nitrogens with zero attached hydrogens (tertiary/aromatic N) is 1. The molecule has 0 N–H and O–H groups in total. The van der Waals surface area contributed by atoms with Crippen LogP contribution in [0.3, 0.4) is 0 Å². The van der Waals surface area contributed by atoms with E-state index in [0.29, 0.717) is 16.6 Å². The minimum absolute atomic E-state index is 0.167. The molecule has 8 heteroatoms. The Morgan fingerprint density at radius 2 is 1.52 bits per heavy atom. The highest BCUT2D eigenvalue weighted by Gasteiger charge is 2.53. The standard InChI is InChI=1S/C19H21NO6S/c1-18(2,3)25-16(23)19(8-10-27-11-9-19)17(24)26-20-14(21)12-6-4-5-7-13(12)15(20)22/h4-7H,8-11H2,1-3H3. The molecule has 0 aliphatic carbocycles. The zero-order valence-electron chi connectivity index (χ0n) is 15.4. The number of carbonyl (C=O) groups is 4. The van der Waals surface area contributed by atoms with Gasteiger partial charge in [0.1, 0.15) is 5.60 Å². The van der Waals surface area contributed by atoms with Crippen LogP contribution in [-0.2, 0) is 19.2 Å². The van der Waals surface area contributed by atoms with Crippen molar-refractivity contribution in [3.63, 3.8) is 0 Å². The molecule has 0 saturated carbocycles. The summed E-state index contributed by atoms with van der Waals surface area (Å²) in [5.74, 6) is -1.88. The average Bonchev–Trinajstić information content (AvgIpc) is 2.86. The topological polar surface area (TPSA) is 90.0 Å². The Balaban J connectivity index is 1.85. The molecule has 0 bridgehead atoms. The summed E-state index contributed by atoms with van der Waals surface area (Å²) in [7, 11) is 0. The van der Waals surface area contributed by atoms with E-state index < -0.39 is 34.8 Å². The zero-order valence-corrected chi connectivity index (χ0v) is 16.3. The van der Waals surface area contributed by atoms with E-state index in [2.05, 4.69) is 0 Å². The van der Waals surface area contributed by atoms with Crippen LogP contribution >= 0.6 is 11.8 Å². The van der Waals surface area contributed by atoms with Gasteiger partial charge in [0.15, 0.2) is 5.41 Å². The number of benzene rings is 1. The number of hydroxylamine groups is 2. The summed E-state index contributed by atoms with van der Waals surface area (Å²) in [5, 5.41) is 0.445. The molecule has 3 rings (SSSR count). The van der Waals surface area contributed by atoms with Gasteiger partial charge in [0.2, 0.25) is 0 Å². The average molecular weight is 391 g/mol. The Morgan fingerprint density at radius 1 is 1.00 bits per heavy atom.